The fourth-order valence-corrected chi connectivity index (χ4v) is 2.92. The number of aryl methyl sites for hydroxylation is 1. The van der Waals surface area contributed by atoms with E-state index in [0.29, 0.717) is 21.9 Å². The molecule has 3 rings (SSSR count). The lowest BCUT2D eigenvalue weighted by Crippen LogP contribution is -2.13. The van der Waals surface area contributed by atoms with Crippen molar-refractivity contribution in [2.24, 2.45) is 0 Å². The van der Waals surface area contributed by atoms with Gasteiger partial charge in [0.25, 0.3) is 11.1 Å². The molecule has 0 fully saturated rings. The van der Waals surface area contributed by atoms with Crippen LogP contribution in [0.5, 0.6) is 5.75 Å². The molecule has 26 heavy (non-hydrogen) atoms. The van der Waals surface area contributed by atoms with E-state index in [1.54, 1.807) is 12.1 Å². The Morgan fingerprint density at radius 3 is 2.81 bits per heavy atom. The molecular formula is C18H16ClN3O3S. The Hall–Kier alpha value is -2.51. The highest BCUT2D eigenvalue weighted by Gasteiger charge is 2.11. The van der Waals surface area contributed by atoms with Crippen molar-refractivity contribution in [3.8, 4) is 5.75 Å². The number of hydrogen-bond acceptors (Lipinski definition) is 6. The van der Waals surface area contributed by atoms with Crippen molar-refractivity contribution in [3.05, 3.63) is 65.0 Å². The molecule has 0 saturated carbocycles. The Morgan fingerprint density at radius 1 is 1.23 bits per heavy atom. The minimum absolute atomic E-state index is 0.144. The molecule has 0 aliphatic heterocycles. The summed E-state index contributed by atoms with van der Waals surface area (Å²) in [5.74, 6) is 1.07. The van der Waals surface area contributed by atoms with Crippen molar-refractivity contribution >= 4 is 35.0 Å². The van der Waals surface area contributed by atoms with E-state index >= 15 is 0 Å². The monoisotopic (exact) mass is 389 g/mol. The van der Waals surface area contributed by atoms with Crippen LogP contribution < -0.4 is 10.1 Å². The lowest BCUT2D eigenvalue weighted by atomic mass is 10.2. The molecule has 0 saturated heterocycles. The van der Waals surface area contributed by atoms with E-state index in [1.807, 2.05) is 43.3 Å². The zero-order valence-corrected chi connectivity index (χ0v) is 15.5. The maximum absolute atomic E-state index is 11.9. The third-order valence-corrected chi connectivity index (χ3v) is 4.37. The van der Waals surface area contributed by atoms with Crippen molar-refractivity contribution in [3.63, 3.8) is 0 Å². The molecule has 0 unspecified atom stereocenters. The van der Waals surface area contributed by atoms with Gasteiger partial charge in [0.05, 0.1) is 5.75 Å². The predicted octanol–water partition coefficient (Wildman–Crippen LogP) is 4.34. The zero-order chi connectivity index (χ0) is 18.4. The molecular weight excluding hydrogens is 374 g/mol. The Balaban J connectivity index is 1.47. The minimum atomic E-state index is -0.144. The van der Waals surface area contributed by atoms with Gasteiger partial charge in [-0.05, 0) is 42.8 Å². The summed E-state index contributed by atoms with van der Waals surface area (Å²) in [5, 5.41) is 11.6. The van der Waals surface area contributed by atoms with Gasteiger partial charge in [-0.25, -0.2) is 0 Å². The van der Waals surface area contributed by atoms with Gasteiger partial charge in [0.1, 0.15) is 5.75 Å². The molecule has 6 nitrogen and oxygen atoms in total. The number of anilines is 1. The van der Waals surface area contributed by atoms with Gasteiger partial charge >= 0.3 is 0 Å². The second-order valence-electron chi connectivity index (χ2n) is 5.36. The molecule has 2 aromatic carbocycles. The average molecular weight is 390 g/mol. The molecule has 0 aliphatic carbocycles. The molecule has 0 spiro atoms. The van der Waals surface area contributed by atoms with E-state index in [-0.39, 0.29) is 18.3 Å². The van der Waals surface area contributed by atoms with Gasteiger partial charge < -0.3 is 14.5 Å². The number of benzene rings is 2. The number of carbonyl (C=O) groups is 1. The number of ether oxygens (including phenoxy) is 1. The summed E-state index contributed by atoms with van der Waals surface area (Å²) >= 11 is 7.09. The first kappa shape index (κ1) is 18.3. The van der Waals surface area contributed by atoms with Gasteiger partial charge in [-0.2, -0.15) is 0 Å². The second-order valence-corrected chi connectivity index (χ2v) is 6.73. The van der Waals surface area contributed by atoms with Gasteiger partial charge in [-0.1, -0.05) is 41.6 Å². The van der Waals surface area contributed by atoms with E-state index in [2.05, 4.69) is 15.5 Å². The lowest BCUT2D eigenvalue weighted by Gasteiger charge is -2.06. The number of nitrogens with one attached hydrogen (secondary N) is 1. The maximum Gasteiger partial charge on any atom is 0.277 e. The highest BCUT2D eigenvalue weighted by Crippen LogP contribution is 2.23. The Morgan fingerprint density at radius 2 is 2.04 bits per heavy atom. The number of halogens is 1. The first-order valence-corrected chi connectivity index (χ1v) is 9.15. The molecule has 1 heterocycles. The molecule has 0 aliphatic rings. The topological polar surface area (TPSA) is 77.2 Å². The molecule has 0 radical (unpaired) electrons. The van der Waals surface area contributed by atoms with Crippen LogP contribution in [0.4, 0.5) is 5.69 Å². The van der Waals surface area contributed by atoms with Gasteiger partial charge in [-0.3, -0.25) is 4.79 Å². The van der Waals surface area contributed by atoms with Crippen molar-refractivity contribution in [2.75, 3.05) is 11.1 Å². The van der Waals surface area contributed by atoms with Crippen LogP contribution in [0.25, 0.3) is 0 Å². The molecule has 0 bridgehead atoms. The quantitative estimate of drug-likeness (QED) is 0.605. The largest absolute Gasteiger partial charge is 0.484 e. The van der Waals surface area contributed by atoms with E-state index in [0.717, 1.165) is 11.3 Å². The molecule has 1 N–H and O–H groups in total. The number of nitrogens with zero attached hydrogens (tertiary/aromatic N) is 2. The van der Waals surface area contributed by atoms with Crippen LogP contribution in [0.2, 0.25) is 5.02 Å². The first-order chi connectivity index (χ1) is 12.6. The lowest BCUT2D eigenvalue weighted by molar-refractivity contribution is -0.113. The fourth-order valence-electron chi connectivity index (χ4n) is 2.11. The minimum Gasteiger partial charge on any atom is -0.484 e. The number of carbonyl (C=O) groups excluding carboxylic acids is 1. The van der Waals surface area contributed by atoms with E-state index in [1.165, 1.54) is 11.8 Å². The predicted molar refractivity (Wildman–Crippen MR) is 101 cm³/mol. The van der Waals surface area contributed by atoms with Gasteiger partial charge in [0.2, 0.25) is 5.91 Å². The van der Waals surface area contributed by atoms with E-state index in [9.17, 15) is 4.79 Å². The van der Waals surface area contributed by atoms with Crippen LogP contribution in [0.1, 0.15) is 11.5 Å². The van der Waals surface area contributed by atoms with Gasteiger partial charge in [0.15, 0.2) is 6.61 Å². The van der Waals surface area contributed by atoms with Crippen LogP contribution in [-0.2, 0) is 11.4 Å². The van der Waals surface area contributed by atoms with Gasteiger partial charge in [-0.15, -0.1) is 10.2 Å². The molecule has 3 aromatic rings. The third kappa shape index (κ3) is 5.24. The van der Waals surface area contributed by atoms with Crippen LogP contribution in [-0.4, -0.2) is 21.9 Å². The number of thioether (sulfide) groups is 1. The molecule has 8 heteroatoms. The van der Waals surface area contributed by atoms with Crippen LogP contribution in [0.15, 0.2) is 58.2 Å². The highest BCUT2D eigenvalue weighted by molar-refractivity contribution is 7.99. The standard InChI is InChI=1S/C18H16ClN3O3S/c1-12-9-13(19)7-8-15(12)24-10-17-21-22-18(25-17)26-11-16(23)20-14-5-3-2-4-6-14/h2-9H,10-11H2,1H3,(H,20,23). The van der Waals surface area contributed by atoms with Crippen LogP contribution in [0.3, 0.4) is 0 Å². The molecule has 134 valence electrons. The number of rotatable bonds is 7. The van der Waals surface area contributed by atoms with Crippen molar-refractivity contribution in [2.45, 2.75) is 18.8 Å². The summed E-state index contributed by atoms with van der Waals surface area (Å²) in [6.07, 6.45) is 0. The molecule has 1 amide bonds. The number of para-hydroxylation sites is 1. The van der Waals surface area contributed by atoms with Gasteiger partial charge in [0, 0.05) is 10.7 Å². The SMILES string of the molecule is Cc1cc(Cl)ccc1OCc1nnc(SCC(=O)Nc2ccccc2)o1. The number of hydrogen-bond donors (Lipinski definition) is 1. The average Bonchev–Trinajstić information content (AvgIpc) is 3.08. The first-order valence-electron chi connectivity index (χ1n) is 7.79. The number of amides is 1. The Bertz CT molecular complexity index is 886. The third-order valence-electron chi connectivity index (χ3n) is 3.32. The summed E-state index contributed by atoms with van der Waals surface area (Å²) in [6.45, 7) is 2.05. The van der Waals surface area contributed by atoms with E-state index < -0.39 is 0 Å². The highest BCUT2D eigenvalue weighted by atomic mass is 35.5. The number of aromatic nitrogens is 2. The van der Waals surface area contributed by atoms with Crippen molar-refractivity contribution < 1.29 is 13.9 Å². The van der Waals surface area contributed by atoms with E-state index in [4.69, 9.17) is 20.8 Å². The Labute approximate surface area is 159 Å². The summed E-state index contributed by atoms with van der Waals surface area (Å²) in [4.78, 5) is 11.9. The van der Waals surface area contributed by atoms with Crippen molar-refractivity contribution in [1.82, 2.24) is 10.2 Å². The fraction of sp³-hybridized carbons (Fsp3) is 0.167. The van der Waals surface area contributed by atoms with Crippen LogP contribution in [0, 0.1) is 6.92 Å². The smallest absolute Gasteiger partial charge is 0.277 e. The summed E-state index contributed by atoms with van der Waals surface area (Å²) in [7, 11) is 0. The Kier molecular flexibility index (Phi) is 6.14. The van der Waals surface area contributed by atoms with Crippen molar-refractivity contribution in [1.29, 1.82) is 0 Å². The normalized spacial score (nSPS) is 10.5. The molecule has 0 atom stereocenters. The maximum atomic E-state index is 11.9. The molecule has 1 aromatic heterocycles. The summed E-state index contributed by atoms with van der Waals surface area (Å²) in [6, 6.07) is 14.6. The second kappa shape index (κ2) is 8.73. The summed E-state index contributed by atoms with van der Waals surface area (Å²) in [5.41, 5.74) is 1.67. The zero-order valence-electron chi connectivity index (χ0n) is 13.9. The summed E-state index contributed by atoms with van der Waals surface area (Å²) < 4.78 is 11.1. The van der Waals surface area contributed by atoms with Crippen LogP contribution >= 0.6 is 23.4 Å².